The molecule has 128 valence electrons. The number of benzene rings is 1. The summed E-state index contributed by atoms with van der Waals surface area (Å²) >= 11 is 0. The highest BCUT2D eigenvalue weighted by Crippen LogP contribution is 2.36. The molecule has 7 heteroatoms. The van der Waals surface area contributed by atoms with Crippen molar-refractivity contribution in [3.05, 3.63) is 29.5 Å². The molecule has 0 unspecified atom stereocenters. The molecule has 5 rings (SSSR count). The minimum Gasteiger partial charge on any atom is -0.497 e. The quantitative estimate of drug-likeness (QED) is 0.766. The fourth-order valence-electron chi connectivity index (χ4n) is 3.74. The molecule has 3 heterocycles. The van der Waals surface area contributed by atoms with Gasteiger partial charge < -0.3 is 19.9 Å². The summed E-state index contributed by atoms with van der Waals surface area (Å²) in [5.74, 6) is 0.347. The zero-order chi connectivity index (χ0) is 17.0. The van der Waals surface area contributed by atoms with E-state index in [0.29, 0.717) is 24.2 Å². The maximum Gasteiger partial charge on any atom is 0.280 e. The Kier molecular flexibility index (Phi) is 3.52. The Morgan fingerprint density at radius 1 is 1.33 bits per heavy atom. The van der Waals surface area contributed by atoms with E-state index in [1.54, 1.807) is 13.2 Å². The second-order valence-electron chi connectivity index (χ2n) is 6.44. The SMILES string of the molecule is COc1ccc2[nH]c(C)c(C(=O)N3O[C@@H]4CC[C@H]3[C@@H](O)[C@H]4O)c2c1. The van der Waals surface area contributed by atoms with Crippen molar-refractivity contribution in [3.8, 4) is 5.75 Å². The van der Waals surface area contributed by atoms with Crippen molar-refractivity contribution >= 4 is 16.8 Å². The predicted molar refractivity (Wildman–Crippen MR) is 85.7 cm³/mol. The molecule has 1 aromatic heterocycles. The number of aromatic amines is 1. The number of aromatic nitrogens is 1. The van der Waals surface area contributed by atoms with Gasteiger partial charge in [-0.3, -0.25) is 9.63 Å². The summed E-state index contributed by atoms with van der Waals surface area (Å²) in [5, 5.41) is 22.1. The number of amides is 1. The van der Waals surface area contributed by atoms with Crippen LogP contribution in [0.15, 0.2) is 18.2 Å². The Bertz CT molecular complexity index is 800. The van der Waals surface area contributed by atoms with E-state index in [9.17, 15) is 15.0 Å². The Balaban J connectivity index is 1.75. The molecule has 24 heavy (non-hydrogen) atoms. The molecule has 1 saturated carbocycles. The summed E-state index contributed by atoms with van der Waals surface area (Å²) in [4.78, 5) is 21.9. The van der Waals surface area contributed by atoms with E-state index in [4.69, 9.17) is 9.57 Å². The topological polar surface area (TPSA) is 95.0 Å². The van der Waals surface area contributed by atoms with Crippen LogP contribution in [-0.2, 0) is 4.84 Å². The van der Waals surface area contributed by atoms with Crippen molar-refractivity contribution in [3.63, 3.8) is 0 Å². The molecule has 3 aliphatic rings. The van der Waals surface area contributed by atoms with Gasteiger partial charge in [-0.15, -0.1) is 0 Å². The van der Waals surface area contributed by atoms with Gasteiger partial charge in [-0.25, -0.2) is 5.06 Å². The van der Waals surface area contributed by atoms with Crippen molar-refractivity contribution in [2.45, 2.75) is 44.1 Å². The summed E-state index contributed by atoms with van der Waals surface area (Å²) < 4.78 is 5.25. The molecular formula is C17H20N2O5. The smallest absolute Gasteiger partial charge is 0.280 e. The van der Waals surface area contributed by atoms with E-state index in [1.165, 1.54) is 5.06 Å². The highest BCUT2D eigenvalue weighted by atomic mass is 16.7. The molecule has 2 saturated heterocycles. The zero-order valence-electron chi connectivity index (χ0n) is 13.5. The average Bonchev–Trinajstić information content (AvgIpc) is 2.92. The van der Waals surface area contributed by atoms with Crippen molar-refractivity contribution in [2.24, 2.45) is 0 Å². The number of nitrogens with zero attached hydrogens (tertiary/aromatic N) is 1. The number of aliphatic hydroxyl groups is 2. The molecule has 0 spiro atoms. The molecule has 1 aromatic carbocycles. The molecule has 2 aromatic rings. The van der Waals surface area contributed by atoms with Gasteiger partial charge in [-0.05, 0) is 38.0 Å². The number of aryl methyl sites for hydroxylation is 1. The van der Waals surface area contributed by atoms with E-state index >= 15 is 0 Å². The Labute approximate surface area is 138 Å². The number of rotatable bonds is 2. The molecule has 2 bridgehead atoms. The number of methoxy groups -OCH3 is 1. The lowest BCUT2D eigenvalue weighted by Crippen LogP contribution is -2.65. The van der Waals surface area contributed by atoms with E-state index in [0.717, 1.165) is 16.6 Å². The van der Waals surface area contributed by atoms with Crippen LogP contribution < -0.4 is 4.74 Å². The maximum atomic E-state index is 13.1. The van der Waals surface area contributed by atoms with Crippen LogP contribution in [0.5, 0.6) is 5.75 Å². The molecular weight excluding hydrogens is 312 g/mol. The Morgan fingerprint density at radius 3 is 2.83 bits per heavy atom. The third-order valence-electron chi connectivity index (χ3n) is 5.03. The van der Waals surface area contributed by atoms with E-state index in [2.05, 4.69) is 4.98 Å². The van der Waals surface area contributed by atoms with Gasteiger partial charge in [-0.1, -0.05) is 0 Å². The second-order valence-corrected chi connectivity index (χ2v) is 6.44. The number of carbonyl (C=O) groups excluding carboxylic acids is 1. The minimum absolute atomic E-state index is 0.312. The van der Waals surface area contributed by atoms with Gasteiger partial charge in [0.05, 0.1) is 18.7 Å². The van der Waals surface area contributed by atoms with Crippen LogP contribution in [0.3, 0.4) is 0 Å². The molecule has 7 nitrogen and oxygen atoms in total. The number of aliphatic hydroxyl groups excluding tert-OH is 2. The summed E-state index contributed by atoms with van der Waals surface area (Å²) in [7, 11) is 1.58. The molecule has 3 N–H and O–H groups in total. The normalized spacial score (nSPS) is 29.2. The molecule has 4 atom stereocenters. The fraction of sp³-hybridized carbons (Fsp3) is 0.471. The summed E-state index contributed by atoms with van der Waals surface area (Å²) in [6.45, 7) is 1.83. The molecule has 1 amide bonds. The average molecular weight is 332 g/mol. The first-order valence-electron chi connectivity index (χ1n) is 8.04. The van der Waals surface area contributed by atoms with Crippen molar-refractivity contribution in [2.75, 3.05) is 7.11 Å². The lowest BCUT2D eigenvalue weighted by Gasteiger charge is -2.49. The van der Waals surface area contributed by atoms with Gasteiger partial charge >= 0.3 is 0 Å². The highest BCUT2D eigenvalue weighted by Gasteiger charge is 2.50. The largest absolute Gasteiger partial charge is 0.497 e. The molecule has 2 aliphatic heterocycles. The maximum absolute atomic E-state index is 13.1. The first kappa shape index (κ1) is 15.4. The molecule has 1 aliphatic carbocycles. The number of hydrogen-bond acceptors (Lipinski definition) is 5. The van der Waals surface area contributed by atoms with Gasteiger partial charge in [0.25, 0.3) is 5.91 Å². The fourth-order valence-corrected chi connectivity index (χ4v) is 3.74. The zero-order valence-corrected chi connectivity index (χ0v) is 13.5. The third-order valence-corrected chi connectivity index (χ3v) is 5.03. The Morgan fingerprint density at radius 2 is 2.12 bits per heavy atom. The van der Waals surface area contributed by atoms with E-state index < -0.39 is 24.4 Å². The number of hydrogen-bond donors (Lipinski definition) is 3. The van der Waals surface area contributed by atoms with Crippen molar-refractivity contribution < 1.29 is 24.6 Å². The summed E-state index contributed by atoms with van der Waals surface area (Å²) in [5.41, 5.74) is 2.06. The number of H-pyrrole nitrogens is 1. The van der Waals surface area contributed by atoms with Crippen LogP contribution in [0.4, 0.5) is 0 Å². The van der Waals surface area contributed by atoms with Crippen molar-refractivity contribution in [1.29, 1.82) is 0 Å². The van der Waals surface area contributed by atoms with Crippen LogP contribution >= 0.6 is 0 Å². The lowest BCUT2D eigenvalue weighted by molar-refractivity contribution is -0.306. The van der Waals surface area contributed by atoms with Crippen molar-refractivity contribution in [1.82, 2.24) is 10.0 Å². The van der Waals surface area contributed by atoms with Crippen LogP contribution in [0.25, 0.3) is 10.9 Å². The van der Waals surface area contributed by atoms with Gasteiger partial charge in [0.1, 0.15) is 24.1 Å². The number of carbonyl (C=O) groups is 1. The van der Waals surface area contributed by atoms with Gasteiger partial charge in [0, 0.05) is 16.6 Å². The predicted octanol–water partition coefficient (Wildman–Crippen LogP) is 1.13. The monoisotopic (exact) mass is 332 g/mol. The number of hydroxylamine groups is 2. The van der Waals surface area contributed by atoms with Crippen LogP contribution in [0.2, 0.25) is 0 Å². The summed E-state index contributed by atoms with van der Waals surface area (Å²) in [6, 6.07) is 4.96. The number of ether oxygens (including phenoxy) is 1. The minimum atomic E-state index is -0.985. The van der Waals surface area contributed by atoms with Gasteiger partial charge in [-0.2, -0.15) is 0 Å². The summed E-state index contributed by atoms with van der Waals surface area (Å²) in [6.07, 6.45) is -1.24. The first-order valence-corrected chi connectivity index (χ1v) is 8.04. The van der Waals surface area contributed by atoms with Crippen LogP contribution in [0, 0.1) is 6.92 Å². The Hall–Kier alpha value is -2.09. The third kappa shape index (κ3) is 2.12. The van der Waals surface area contributed by atoms with Gasteiger partial charge in [0.2, 0.25) is 0 Å². The van der Waals surface area contributed by atoms with E-state index in [1.807, 2.05) is 19.1 Å². The first-order chi connectivity index (χ1) is 11.5. The van der Waals surface area contributed by atoms with E-state index in [-0.39, 0.29) is 5.91 Å². The van der Waals surface area contributed by atoms with Crippen LogP contribution in [-0.4, -0.2) is 57.6 Å². The highest BCUT2D eigenvalue weighted by molar-refractivity contribution is 6.08. The van der Waals surface area contributed by atoms with Gasteiger partial charge in [0.15, 0.2) is 0 Å². The standard InChI is InChI=1S/C17H20N2O5/c1-8-14(10-7-9(23-2)3-4-11(10)18-8)17(22)19-12-5-6-13(24-19)16(21)15(12)20/h3-4,7,12-13,15-16,18,20-21H,5-6H2,1-2H3/t12-,13+,15+,16-/m0/s1. The molecule has 0 radical (unpaired) electrons. The molecule has 3 fully saturated rings. The second kappa shape index (κ2) is 5.47. The lowest BCUT2D eigenvalue weighted by atomic mass is 9.85. The van der Waals surface area contributed by atoms with Crippen LogP contribution in [0.1, 0.15) is 28.9 Å². The number of fused-ring (bicyclic) bond motifs is 4. The number of nitrogens with one attached hydrogen (secondary N) is 1.